The fraction of sp³-hybridized carbons (Fsp3) is 0.462. The molecule has 0 aromatic heterocycles. The number of unbranched alkanes of at least 4 members (excludes halogenated alkanes) is 2. The van der Waals surface area contributed by atoms with Gasteiger partial charge in [-0.3, -0.25) is 9.69 Å². The Morgan fingerprint density at radius 3 is 2.20 bits per heavy atom. The van der Waals surface area contributed by atoms with Gasteiger partial charge in [-0.25, -0.2) is 0 Å². The van der Waals surface area contributed by atoms with Gasteiger partial charge in [-0.05, 0) is 97.9 Å². The molecule has 0 radical (unpaired) electrons. The van der Waals surface area contributed by atoms with Crippen molar-refractivity contribution < 1.29 is 14.3 Å². The Balaban J connectivity index is 1.31. The van der Waals surface area contributed by atoms with E-state index >= 15 is 0 Å². The van der Waals surface area contributed by atoms with E-state index in [4.69, 9.17) is 9.47 Å². The lowest BCUT2D eigenvalue weighted by Gasteiger charge is -2.39. The second-order valence-corrected chi connectivity index (χ2v) is 12.5. The minimum atomic E-state index is 0.141. The van der Waals surface area contributed by atoms with Gasteiger partial charge in [0.2, 0.25) is 0 Å². The molecule has 0 unspecified atom stereocenters. The topological polar surface area (TPSA) is 42.0 Å². The quantitative estimate of drug-likeness (QED) is 0.147. The van der Waals surface area contributed by atoms with E-state index in [9.17, 15) is 4.79 Å². The fourth-order valence-corrected chi connectivity index (χ4v) is 6.67. The van der Waals surface area contributed by atoms with Crippen LogP contribution < -0.4 is 9.47 Å². The molecule has 1 heterocycles. The Bertz CT molecular complexity index is 1370. The molecule has 0 bridgehead atoms. The lowest BCUT2D eigenvalue weighted by molar-refractivity contribution is 0.0556. The van der Waals surface area contributed by atoms with Crippen molar-refractivity contribution in [3.63, 3.8) is 0 Å². The van der Waals surface area contributed by atoms with Crippen LogP contribution in [0.3, 0.4) is 0 Å². The summed E-state index contributed by atoms with van der Waals surface area (Å²) in [5, 5.41) is 0. The number of amides is 1. The summed E-state index contributed by atoms with van der Waals surface area (Å²) in [5.74, 6) is 1.58. The summed E-state index contributed by atoms with van der Waals surface area (Å²) >= 11 is 0. The molecule has 0 N–H and O–H groups in total. The van der Waals surface area contributed by atoms with Gasteiger partial charge >= 0.3 is 0 Å². The van der Waals surface area contributed by atoms with Gasteiger partial charge in [-0.1, -0.05) is 73.9 Å². The van der Waals surface area contributed by atoms with E-state index in [-0.39, 0.29) is 11.9 Å². The number of hydrogen-bond donors (Lipinski definition) is 0. The van der Waals surface area contributed by atoms with E-state index in [1.165, 1.54) is 50.5 Å². The highest BCUT2D eigenvalue weighted by atomic mass is 16.5. The third-order valence-electron chi connectivity index (χ3n) is 9.36. The molecule has 3 aromatic carbocycles. The Morgan fingerprint density at radius 2 is 1.55 bits per heavy atom. The predicted molar refractivity (Wildman–Crippen MR) is 181 cm³/mol. The maximum absolute atomic E-state index is 14.1. The van der Waals surface area contributed by atoms with Crippen molar-refractivity contribution in [2.75, 3.05) is 33.9 Å². The summed E-state index contributed by atoms with van der Waals surface area (Å²) < 4.78 is 10.9. The van der Waals surface area contributed by atoms with Crippen LogP contribution in [0.5, 0.6) is 11.5 Å². The van der Waals surface area contributed by atoms with Gasteiger partial charge in [-0.15, -0.1) is 0 Å². The number of piperidine rings is 1. The van der Waals surface area contributed by atoms with Crippen LogP contribution in [-0.2, 0) is 13.0 Å². The molecule has 1 aliphatic carbocycles. The molecule has 0 saturated carbocycles. The lowest BCUT2D eigenvalue weighted by atomic mass is 9.96. The number of likely N-dealkylation sites (tertiary alicyclic amines) is 1. The maximum atomic E-state index is 14.1. The third kappa shape index (κ3) is 8.32. The van der Waals surface area contributed by atoms with Gasteiger partial charge in [0, 0.05) is 37.8 Å². The van der Waals surface area contributed by atoms with Crippen LogP contribution in [0, 0.1) is 0 Å². The highest BCUT2D eigenvalue weighted by Crippen LogP contribution is 2.33. The van der Waals surface area contributed by atoms with Crippen LogP contribution in [-0.4, -0.2) is 55.6 Å². The highest BCUT2D eigenvalue weighted by Gasteiger charge is 2.29. The number of nitrogens with zero attached hydrogens (tertiary/aromatic N) is 2. The van der Waals surface area contributed by atoms with E-state index in [0.717, 1.165) is 66.9 Å². The molecule has 0 atom stereocenters. The van der Waals surface area contributed by atoms with Gasteiger partial charge in [0.1, 0.15) is 0 Å². The van der Waals surface area contributed by atoms with E-state index in [1.807, 2.05) is 24.3 Å². The first kappa shape index (κ1) is 31.8. The number of ether oxygens (including phenoxy) is 2. The lowest BCUT2D eigenvalue weighted by Crippen LogP contribution is -2.47. The Labute approximate surface area is 264 Å². The van der Waals surface area contributed by atoms with E-state index in [1.54, 1.807) is 19.8 Å². The molecule has 1 aliphatic heterocycles. The number of carbonyl (C=O) groups excluding carboxylic acids is 1. The van der Waals surface area contributed by atoms with Gasteiger partial charge in [0.15, 0.2) is 11.5 Å². The van der Waals surface area contributed by atoms with Crippen molar-refractivity contribution in [3.05, 3.63) is 95.1 Å². The second kappa shape index (κ2) is 15.9. The smallest absolute Gasteiger partial charge is 0.254 e. The van der Waals surface area contributed by atoms with Crippen LogP contribution in [0.4, 0.5) is 0 Å². The van der Waals surface area contributed by atoms with Crippen LogP contribution >= 0.6 is 0 Å². The Morgan fingerprint density at radius 1 is 0.841 bits per heavy atom. The molecule has 44 heavy (non-hydrogen) atoms. The van der Waals surface area contributed by atoms with E-state index < -0.39 is 0 Å². The molecule has 2 aliphatic rings. The van der Waals surface area contributed by atoms with E-state index in [2.05, 4.69) is 65.3 Å². The summed E-state index contributed by atoms with van der Waals surface area (Å²) in [7, 11) is 3.31. The normalized spacial score (nSPS) is 15.9. The molecule has 5 heteroatoms. The van der Waals surface area contributed by atoms with Crippen molar-refractivity contribution in [1.29, 1.82) is 0 Å². The van der Waals surface area contributed by atoms with Crippen molar-refractivity contribution >= 4 is 5.91 Å². The molecular formula is C39H50N2O3. The van der Waals surface area contributed by atoms with Crippen LogP contribution in [0.25, 0.3) is 11.1 Å². The van der Waals surface area contributed by atoms with Gasteiger partial charge in [0.25, 0.3) is 5.91 Å². The molecule has 1 amide bonds. The molecular weight excluding hydrogens is 544 g/mol. The average molecular weight is 595 g/mol. The summed E-state index contributed by atoms with van der Waals surface area (Å²) in [6.45, 7) is 6.02. The molecule has 0 spiro atoms. The van der Waals surface area contributed by atoms with Crippen LogP contribution in [0.15, 0.2) is 78.4 Å². The van der Waals surface area contributed by atoms with Gasteiger partial charge in [0.05, 0.1) is 14.2 Å². The molecule has 5 nitrogen and oxygen atoms in total. The molecule has 1 saturated heterocycles. The zero-order chi connectivity index (χ0) is 30.7. The minimum absolute atomic E-state index is 0.141. The summed E-state index contributed by atoms with van der Waals surface area (Å²) in [4.78, 5) is 18.9. The maximum Gasteiger partial charge on any atom is 0.254 e. The van der Waals surface area contributed by atoms with Crippen molar-refractivity contribution in [2.24, 2.45) is 0 Å². The number of rotatable bonds is 13. The SMILES string of the molecule is CCCCCc1ccc(C(=O)N(Cc2ccc(-c3ccc(OC)c(OC)c3)cc2)C2CCN(CC3=CCCCC3)CC2)cc1. The fourth-order valence-electron chi connectivity index (χ4n) is 6.67. The number of allylic oxidation sites excluding steroid dienone is 1. The zero-order valence-electron chi connectivity index (χ0n) is 27.0. The summed E-state index contributed by atoms with van der Waals surface area (Å²) in [6, 6.07) is 23.2. The minimum Gasteiger partial charge on any atom is -0.493 e. The first-order valence-electron chi connectivity index (χ1n) is 16.7. The second-order valence-electron chi connectivity index (χ2n) is 12.5. The molecule has 5 rings (SSSR count). The Kier molecular flexibility index (Phi) is 11.5. The molecule has 234 valence electrons. The first-order valence-corrected chi connectivity index (χ1v) is 16.7. The van der Waals surface area contributed by atoms with Crippen molar-refractivity contribution in [1.82, 2.24) is 9.80 Å². The zero-order valence-corrected chi connectivity index (χ0v) is 27.0. The number of hydrogen-bond acceptors (Lipinski definition) is 4. The van der Waals surface area contributed by atoms with Crippen LogP contribution in [0.2, 0.25) is 0 Å². The van der Waals surface area contributed by atoms with Crippen molar-refractivity contribution in [2.45, 2.75) is 83.7 Å². The van der Waals surface area contributed by atoms with Gasteiger partial charge in [-0.2, -0.15) is 0 Å². The third-order valence-corrected chi connectivity index (χ3v) is 9.36. The molecule has 1 fully saturated rings. The van der Waals surface area contributed by atoms with Crippen molar-refractivity contribution in [3.8, 4) is 22.6 Å². The number of aryl methyl sites for hydroxylation is 1. The highest BCUT2D eigenvalue weighted by molar-refractivity contribution is 5.94. The monoisotopic (exact) mass is 594 g/mol. The van der Waals surface area contributed by atoms with Crippen LogP contribution in [0.1, 0.15) is 86.2 Å². The Hall–Kier alpha value is -3.57. The number of benzene rings is 3. The summed E-state index contributed by atoms with van der Waals surface area (Å²) in [6.07, 6.45) is 14.4. The van der Waals surface area contributed by atoms with E-state index in [0.29, 0.717) is 12.3 Å². The van der Waals surface area contributed by atoms with Gasteiger partial charge < -0.3 is 14.4 Å². The largest absolute Gasteiger partial charge is 0.493 e. The molecule has 3 aromatic rings. The number of carbonyl (C=O) groups is 1. The standard InChI is InChI=1S/C39H50N2O3/c1-4-5-7-10-30-13-19-34(20-14-30)39(42)41(36-23-25-40(26-24-36)28-31-11-8-6-9-12-31)29-32-15-17-33(18-16-32)35-21-22-37(43-2)38(27-35)44-3/h11,13-22,27,36H,4-10,12,23-26,28-29H2,1-3H3. The first-order chi connectivity index (χ1) is 21.6. The predicted octanol–water partition coefficient (Wildman–Crippen LogP) is 8.71. The number of methoxy groups -OCH3 is 2. The summed E-state index contributed by atoms with van der Waals surface area (Å²) in [5.41, 5.74) is 7.04. The average Bonchev–Trinajstić information content (AvgIpc) is 3.08.